The fourth-order valence-electron chi connectivity index (χ4n) is 1.13. The van der Waals surface area contributed by atoms with Crippen LogP contribution in [0.15, 0.2) is 18.3 Å². The third-order valence-corrected chi connectivity index (χ3v) is 1.98. The van der Waals surface area contributed by atoms with Crippen molar-refractivity contribution >= 4 is 11.6 Å². The van der Waals surface area contributed by atoms with Crippen LogP contribution in [0, 0.1) is 0 Å². The second kappa shape index (κ2) is 3.22. The van der Waals surface area contributed by atoms with Gasteiger partial charge in [0, 0.05) is 18.1 Å². The largest absolute Gasteiger partial charge is 0.205 e. The second-order valence-electron chi connectivity index (χ2n) is 3.04. The van der Waals surface area contributed by atoms with Gasteiger partial charge < -0.3 is 0 Å². The maximum atomic E-state index is 5.85. The van der Waals surface area contributed by atoms with E-state index in [1.807, 2.05) is 25.4 Å². The molecule has 1 nitrogen and oxygen atoms in total. The first-order chi connectivity index (χ1) is 5.11. The van der Waals surface area contributed by atoms with E-state index in [0.717, 1.165) is 5.02 Å². The fourth-order valence-corrected chi connectivity index (χ4v) is 1.30. The molecule has 1 heterocycles. The Kier molecular flexibility index (Phi) is 2.50. The summed E-state index contributed by atoms with van der Waals surface area (Å²) in [7, 11) is 2.03. The number of rotatable bonds is 1. The molecule has 0 spiro atoms. The van der Waals surface area contributed by atoms with Gasteiger partial charge in [-0.05, 0) is 0 Å². The quantitative estimate of drug-likeness (QED) is 0.570. The van der Waals surface area contributed by atoms with Crippen molar-refractivity contribution in [3.8, 4) is 0 Å². The maximum Gasteiger partial charge on any atom is 0.185 e. The Bertz CT molecular complexity index is 256. The number of aryl methyl sites for hydroxylation is 1. The Labute approximate surface area is 72.6 Å². The first kappa shape index (κ1) is 8.54. The first-order valence-electron chi connectivity index (χ1n) is 3.76. The number of nitrogens with zero attached hydrogens (tertiary/aromatic N) is 1. The predicted octanol–water partition coefficient (Wildman–Crippen LogP) is 2.29. The molecule has 0 bridgehead atoms. The van der Waals surface area contributed by atoms with Gasteiger partial charge in [-0.1, -0.05) is 25.4 Å². The summed E-state index contributed by atoms with van der Waals surface area (Å²) < 4.78 is 2.09. The van der Waals surface area contributed by atoms with E-state index in [0.29, 0.717) is 5.92 Å². The minimum atomic E-state index is 0.527. The average molecular weight is 171 g/mol. The summed E-state index contributed by atoms with van der Waals surface area (Å²) in [5, 5.41) is 0.812. The monoisotopic (exact) mass is 170 g/mol. The van der Waals surface area contributed by atoms with Crippen molar-refractivity contribution in [2.45, 2.75) is 19.8 Å². The lowest BCUT2D eigenvalue weighted by Gasteiger charge is -2.02. The molecule has 0 aliphatic heterocycles. The van der Waals surface area contributed by atoms with Crippen LogP contribution in [0.25, 0.3) is 0 Å². The smallest absolute Gasteiger partial charge is 0.185 e. The zero-order chi connectivity index (χ0) is 8.43. The van der Waals surface area contributed by atoms with Crippen molar-refractivity contribution in [3.63, 3.8) is 0 Å². The first-order valence-corrected chi connectivity index (χ1v) is 4.14. The number of hydrogen-bond acceptors (Lipinski definition) is 0. The molecule has 1 aromatic rings. The lowest BCUT2D eigenvalue weighted by Crippen LogP contribution is -2.33. The highest BCUT2D eigenvalue weighted by Gasteiger charge is 2.10. The van der Waals surface area contributed by atoms with E-state index in [9.17, 15) is 0 Å². The van der Waals surface area contributed by atoms with Crippen LogP contribution in [-0.2, 0) is 7.05 Å². The van der Waals surface area contributed by atoms with E-state index in [-0.39, 0.29) is 0 Å². The van der Waals surface area contributed by atoms with Gasteiger partial charge in [0.1, 0.15) is 7.05 Å². The van der Waals surface area contributed by atoms with Crippen molar-refractivity contribution in [1.82, 2.24) is 0 Å². The highest BCUT2D eigenvalue weighted by Crippen LogP contribution is 2.13. The van der Waals surface area contributed by atoms with Gasteiger partial charge >= 0.3 is 0 Å². The zero-order valence-corrected chi connectivity index (χ0v) is 7.89. The van der Waals surface area contributed by atoms with Crippen molar-refractivity contribution < 1.29 is 4.57 Å². The molecule has 2 heteroatoms. The third-order valence-electron chi connectivity index (χ3n) is 1.74. The van der Waals surface area contributed by atoms with Crippen molar-refractivity contribution in [3.05, 3.63) is 29.0 Å². The molecule has 0 amide bonds. The third kappa shape index (κ3) is 1.93. The molecule has 60 valence electrons. The summed E-state index contributed by atoms with van der Waals surface area (Å²) in [6.07, 6.45) is 1.98. The minimum Gasteiger partial charge on any atom is -0.205 e. The number of pyridine rings is 1. The van der Waals surface area contributed by atoms with Gasteiger partial charge in [-0.15, -0.1) is 0 Å². The summed E-state index contributed by atoms with van der Waals surface area (Å²) >= 11 is 5.85. The highest BCUT2D eigenvalue weighted by molar-refractivity contribution is 6.30. The Hall–Kier alpha value is -0.560. The van der Waals surface area contributed by atoms with Crippen LogP contribution < -0.4 is 4.57 Å². The number of halogens is 1. The van der Waals surface area contributed by atoms with E-state index in [4.69, 9.17) is 11.6 Å². The molecule has 0 unspecified atom stereocenters. The average Bonchev–Trinajstić information content (AvgIpc) is 1.94. The molecular formula is C9H13ClN+. The summed E-state index contributed by atoms with van der Waals surface area (Å²) in [4.78, 5) is 0. The Morgan fingerprint density at radius 3 is 2.55 bits per heavy atom. The highest BCUT2D eigenvalue weighted by atomic mass is 35.5. The molecule has 0 saturated carbocycles. The lowest BCUT2D eigenvalue weighted by molar-refractivity contribution is -0.680. The van der Waals surface area contributed by atoms with Gasteiger partial charge in [-0.2, -0.15) is 0 Å². The van der Waals surface area contributed by atoms with Gasteiger partial charge in [0.25, 0.3) is 0 Å². The number of aromatic nitrogens is 1. The molecule has 1 rings (SSSR count). The van der Waals surface area contributed by atoms with Crippen LogP contribution in [0.3, 0.4) is 0 Å². The van der Waals surface area contributed by atoms with Crippen LogP contribution in [0.4, 0.5) is 0 Å². The molecule has 11 heavy (non-hydrogen) atoms. The van der Waals surface area contributed by atoms with Gasteiger partial charge in [0.15, 0.2) is 11.9 Å². The zero-order valence-electron chi connectivity index (χ0n) is 7.13. The van der Waals surface area contributed by atoms with Gasteiger partial charge in [-0.3, -0.25) is 0 Å². The normalized spacial score (nSPS) is 10.6. The second-order valence-corrected chi connectivity index (χ2v) is 3.47. The molecular weight excluding hydrogens is 158 g/mol. The molecule has 0 fully saturated rings. The molecule has 0 aromatic carbocycles. The van der Waals surface area contributed by atoms with E-state index in [1.165, 1.54) is 5.69 Å². The minimum absolute atomic E-state index is 0.527. The topological polar surface area (TPSA) is 3.88 Å². The molecule has 0 N–H and O–H groups in total. The summed E-state index contributed by atoms with van der Waals surface area (Å²) in [5.41, 5.74) is 1.26. The Morgan fingerprint density at radius 1 is 1.45 bits per heavy atom. The van der Waals surface area contributed by atoms with Gasteiger partial charge in [0.2, 0.25) is 0 Å². The predicted molar refractivity (Wildman–Crippen MR) is 46.7 cm³/mol. The lowest BCUT2D eigenvalue weighted by atomic mass is 10.1. The molecule has 0 atom stereocenters. The molecule has 0 aliphatic rings. The van der Waals surface area contributed by atoms with Crippen LogP contribution in [0.1, 0.15) is 25.5 Å². The van der Waals surface area contributed by atoms with Crippen molar-refractivity contribution in [1.29, 1.82) is 0 Å². The van der Waals surface area contributed by atoms with Gasteiger partial charge in [0.05, 0.1) is 5.02 Å². The maximum absolute atomic E-state index is 5.85. The standard InChI is InChI=1S/C9H13ClN/c1-7(2)9-6-8(10)4-5-11(9)3/h4-7H,1-3H3/q+1. The van der Waals surface area contributed by atoms with E-state index < -0.39 is 0 Å². The van der Waals surface area contributed by atoms with Crippen LogP contribution in [0.5, 0.6) is 0 Å². The van der Waals surface area contributed by atoms with E-state index in [1.54, 1.807) is 0 Å². The van der Waals surface area contributed by atoms with E-state index in [2.05, 4.69) is 18.4 Å². The molecule has 1 aromatic heterocycles. The Balaban J connectivity index is 3.13. The fraction of sp³-hybridized carbons (Fsp3) is 0.444. The summed E-state index contributed by atoms with van der Waals surface area (Å²) in [6.45, 7) is 4.32. The Morgan fingerprint density at radius 2 is 2.09 bits per heavy atom. The molecule has 0 saturated heterocycles. The van der Waals surface area contributed by atoms with Crippen molar-refractivity contribution in [2.24, 2.45) is 7.05 Å². The SMILES string of the molecule is CC(C)c1cc(Cl)cc[n+]1C. The van der Waals surface area contributed by atoms with Gasteiger partial charge in [-0.25, -0.2) is 4.57 Å². The summed E-state index contributed by atoms with van der Waals surface area (Å²) in [5.74, 6) is 0.527. The van der Waals surface area contributed by atoms with Crippen LogP contribution in [0.2, 0.25) is 5.02 Å². The molecule has 0 radical (unpaired) electrons. The summed E-state index contributed by atoms with van der Waals surface area (Å²) in [6, 6.07) is 3.90. The number of hydrogen-bond donors (Lipinski definition) is 0. The van der Waals surface area contributed by atoms with Crippen molar-refractivity contribution in [2.75, 3.05) is 0 Å². The van der Waals surface area contributed by atoms with Crippen LogP contribution in [-0.4, -0.2) is 0 Å². The van der Waals surface area contributed by atoms with E-state index >= 15 is 0 Å². The van der Waals surface area contributed by atoms with Crippen LogP contribution >= 0.6 is 11.6 Å². The molecule has 0 aliphatic carbocycles.